The summed E-state index contributed by atoms with van der Waals surface area (Å²) in [7, 11) is 0. The molecule has 29 heavy (non-hydrogen) atoms. The normalized spacial score (nSPS) is 24.9. The molecule has 2 atom stereocenters. The van der Waals surface area contributed by atoms with Crippen molar-refractivity contribution < 1.29 is 9.32 Å². The number of nitrogens with one attached hydrogen (secondary N) is 3. The molecule has 2 unspecified atom stereocenters. The van der Waals surface area contributed by atoms with Crippen LogP contribution in [0, 0.1) is 12.8 Å². The molecule has 1 aromatic carbocycles. The molecule has 2 aromatic rings. The van der Waals surface area contributed by atoms with Crippen molar-refractivity contribution in [2.24, 2.45) is 5.92 Å². The molecule has 3 N–H and O–H groups in total. The molecule has 1 amide bonds. The Bertz CT molecular complexity index is 916. The van der Waals surface area contributed by atoms with Crippen LogP contribution in [-0.2, 0) is 11.2 Å². The fraction of sp³-hybridized carbons (Fsp3) is 0.476. The Labute approximate surface area is 169 Å². The average Bonchev–Trinajstić information content (AvgIpc) is 3.36. The second kappa shape index (κ2) is 7.61. The van der Waals surface area contributed by atoms with Crippen molar-refractivity contribution in [2.45, 2.75) is 38.3 Å². The highest BCUT2D eigenvalue weighted by Crippen LogP contribution is 2.34. The lowest BCUT2D eigenvalue weighted by Gasteiger charge is -2.38. The van der Waals surface area contributed by atoms with Crippen molar-refractivity contribution in [1.29, 1.82) is 0 Å². The molecule has 0 bridgehead atoms. The predicted octanol–water partition coefficient (Wildman–Crippen LogP) is 1.21. The molecular weight excluding hydrogens is 368 g/mol. The zero-order chi connectivity index (χ0) is 19.8. The van der Waals surface area contributed by atoms with Crippen molar-refractivity contribution in [2.75, 3.05) is 19.6 Å². The standard InChI is InChI=1S/C21H26N6O2/c1-13-2-4-14(5-3-13)10-18-24-21(29-26-18)16-12-23-27-17(11-19(28)25-20(16)27)15-6-8-22-9-7-15/h2-5,11,15-16,20,22-23H,6-10,12H2,1H3,(H,25,28). The van der Waals surface area contributed by atoms with Crippen LogP contribution >= 0.6 is 0 Å². The highest BCUT2D eigenvalue weighted by molar-refractivity contribution is 5.89. The van der Waals surface area contributed by atoms with Crippen molar-refractivity contribution >= 4 is 5.91 Å². The molecule has 3 aliphatic rings. The van der Waals surface area contributed by atoms with Crippen molar-refractivity contribution in [3.8, 4) is 0 Å². The van der Waals surface area contributed by atoms with Gasteiger partial charge >= 0.3 is 0 Å². The second-order valence-electron chi connectivity index (χ2n) is 8.10. The number of fused-ring (bicyclic) bond motifs is 1. The quantitative estimate of drug-likeness (QED) is 0.717. The van der Waals surface area contributed by atoms with E-state index in [1.54, 1.807) is 6.08 Å². The summed E-state index contributed by atoms with van der Waals surface area (Å²) in [5.74, 6) is 1.49. The minimum atomic E-state index is -0.204. The number of hydrogen-bond donors (Lipinski definition) is 3. The summed E-state index contributed by atoms with van der Waals surface area (Å²) < 4.78 is 5.60. The number of amides is 1. The van der Waals surface area contributed by atoms with Crippen LogP contribution in [0.25, 0.3) is 0 Å². The smallest absolute Gasteiger partial charge is 0.247 e. The zero-order valence-electron chi connectivity index (χ0n) is 16.5. The van der Waals surface area contributed by atoms with E-state index in [2.05, 4.69) is 62.4 Å². The molecule has 1 aromatic heterocycles. The third-order valence-corrected chi connectivity index (χ3v) is 6.03. The van der Waals surface area contributed by atoms with Gasteiger partial charge in [0.15, 0.2) is 5.82 Å². The molecule has 0 spiro atoms. The summed E-state index contributed by atoms with van der Waals surface area (Å²) in [6.45, 7) is 4.69. The van der Waals surface area contributed by atoms with E-state index in [9.17, 15) is 4.79 Å². The first-order valence-electron chi connectivity index (χ1n) is 10.3. The summed E-state index contributed by atoms with van der Waals surface area (Å²) in [5, 5.41) is 12.7. The molecule has 2 fully saturated rings. The Morgan fingerprint density at radius 2 is 2.00 bits per heavy atom. The van der Waals surface area contributed by atoms with Gasteiger partial charge in [-0.2, -0.15) is 4.98 Å². The summed E-state index contributed by atoms with van der Waals surface area (Å²) >= 11 is 0. The maximum atomic E-state index is 12.4. The van der Waals surface area contributed by atoms with Gasteiger partial charge in [-0.05, 0) is 38.4 Å². The van der Waals surface area contributed by atoms with Crippen LogP contribution in [0.2, 0.25) is 0 Å². The zero-order valence-corrected chi connectivity index (χ0v) is 16.5. The molecular formula is C21H26N6O2. The van der Waals surface area contributed by atoms with Crippen LogP contribution < -0.4 is 16.1 Å². The third kappa shape index (κ3) is 3.65. The van der Waals surface area contributed by atoms with Gasteiger partial charge in [0, 0.05) is 30.7 Å². The Morgan fingerprint density at radius 1 is 1.21 bits per heavy atom. The maximum Gasteiger partial charge on any atom is 0.247 e. The number of aryl methyl sites for hydroxylation is 1. The number of hydrazine groups is 1. The van der Waals surface area contributed by atoms with Gasteiger partial charge in [-0.15, -0.1) is 0 Å². The number of piperidine rings is 1. The molecule has 0 aliphatic carbocycles. The van der Waals surface area contributed by atoms with Gasteiger partial charge in [0.05, 0.1) is 5.92 Å². The molecule has 0 saturated carbocycles. The number of carbonyl (C=O) groups is 1. The van der Waals surface area contributed by atoms with Gasteiger partial charge in [0.25, 0.3) is 0 Å². The second-order valence-corrected chi connectivity index (χ2v) is 8.10. The van der Waals surface area contributed by atoms with Gasteiger partial charge in [0.2, 0.25) is 11.8 Å². The molecule has 8 heteroatoms. The fourth-order valence-corrected chi connectivity index (χ4v) is 4.43. The first kappa shape index (κ1) is 18.3. The number of rotatable bonds is 4. The Morgan fingerprint density at radius 3 is 2.79 bits per heavy atom. The first-order chi connectivity index (χ1) is 14.2. The van der Waals surface area contributed by atoms with Crippen molar-refractivity contribution in [1.82, 2.24) is 31.2 Å². The van der Waals surface area contributed by atoms with Crippen molar-refractivity contribution in [3.63, 3.8) is 0 Å². The summed E-state index contributed by atoms with van der Waals surface area (Å²) in [5.41, 5.74) is 6.89. The Balaban J connectivity index is 1.33. The van der Waals surface area contributed by atoms with Crippen LogP contribution in [-0.4, -0.2) is 46.9 Å². The van der Waals surface area contributed by atoms with E-state index in [0.29, 0.717) is 30.6 Å². The van der Waals surface area contributed by atoms with Crippen molar-refractivity contribution in [3.05, 3.63) is 58.9 Å². The van der Waals surface area contributed by atoms with Gasteiger partial charge in [-0.25, -0.2) is 5.43 Å². The molecule has 5 rings (SSSR count). The van der Waals surface area contributed by atoms with E-state index < -0.39 is 0 Å². The molecule has 8 nitrogen and oxygen atoms in total. The highest BCUT2D eigenvalue weighted by Gasteiger charge is 2.44. The number of nitrogens with zero attached hydrogens (tertiary/aromatic N) is 3. The third-order valence-electron chi connectivity index (χ3n) is 6.03. The van der Waals surface area contributed by atoms with Gasteiger partial charge in [0.1, 0.15) is 6.17 Å². The summed E-state index contributed by atoms with van der Waals surface area (Å²) in [4.78, 5) is 17.0. The van der Waals surface area contributed by atoms with E-state index in [4.69, 9.17) is 4.52 Å². The molecule has 4 heterocycles. The minimum Gasteiger partial charge on any atom is -0.339 e. The SMILES string of the molecule is Cc1ccc(Cc2noc(C3CNN4C(C5CCNCC5)=CC(=O)NC34)n2)cc1. The van der Waals surface area contributed by atoms with E-state index in [1.807, 2.05) is 0 Å². The molecule has 152 valence electrons. The molecule has 0 radical (unpaired) electrons. The highest BCUT2D eigenvalue weighted by atomic mass is 16.5. The van der Waals surface area contributed by atoms with E-state index in [-0.39, 0.29) is 18.0 Å². The number of allylic oxidation sites excluding steroid dienone is 1. The van der Waals surface area contributed by atoms with Crippen LogP contribution in [0.1, 0.15) is 41.6 Å². The number of hydrogen-bond acceptors (Lipinski definition) is 7. The van der Waals surface area contributed by atoms with Gasteiger partial charge in [-0.3, -0.25) is 9.80 Å². The molecule has 3 aliphatic heterocycles. The van der Waals surface area contributed by atoms with Crippen LogP contribution in [0.3, 0.4) is 0 Å². The number of carbonyl (C=O) groups excluding carboxylic acids is 1. The van der Waals surface area contributed by atoms with E-state index in [0.717, 1.165) is 37.2 Å². The molecule has 2 saturated heterocycles. The lowest BCUT2D eigenvalue weighted by atomic mass is 9.92. The minimum absolute atomic E-state index is 0.0483. The van der Waals surface area contributed by atoms with E-state index in [1.165, 1.54) is 5.56 Å². The maximum absolute atomic E-state index is 12.4. The number of benzene rings is 1. The van der Waals surface area contributed by atoms with Crippen LogP contribution in [0.4, 0.5) is 0 Å². The number of aromatic nitrogens is 2. The Hall–Kier alpha value is -2.71. The first-order valence-corrected chi connectivity index (χ1v) is 10.3. The summed E-state index contributed by atoms with van der Waals surface area (Å²) in [6, 6.07) is 8.34. The van der Waals surface area contributed by atoms with Crippen LogP contribution in [0.15, 0.2) is 40.6 Å². The topological polar surface area (TPSA) is 95.3 Å². The van der Waals surface area contributed by atoms with E-state index >= 15 is 0 Å². The summed E-state index contributed by atoms with van der Waals surface area (Å²) in [6.07, 6.45) is 4.24. The largest absolute Gasteiger partial charge is 0.339 e. The predicted molar refractivity (Wildman–Crippen MR) is 106 cm³/mol. The lowest BCUT2D eigenvalue weighted by molar-refractivity contribution is -0.119. The monoisotopic (exact) mass is 394 g/mol. The lowest BCUT2D eigenvalue weighted by Crippen LogP contribution is -2.53. The van der Waals surface area contributed by atoms with Crippen LogP contribution in [0.5, 0.6) is 0 Å². The average molecular weight is 394 g/mol. The fourth-order valence-electron chi connectivity index (χ4n) is 4.43. The van der Waals surface area contributed by atoms with Gasteiger partial charge < -0.3 is 15.2 Å². The van der Waals surface area contributed by atoms with Gasteiger partial charge in [-0.1, -0.05) is 35.0 Å². The Kier molecular flexibility index (Phi) is 4.81.